The highest BCUT2D eigenvalue weighted by Crippen LogP contribution is 1.83. The summed E-state index contributed by atoms with van der Waals surface area (Å²) in [5, 5.41) is 10.2. The first kappa shape index (κ1) is 13.2. The summed E-state index contributed by atoms with van der Waals surface area (Å²) >= 11 is 0. The molecule has 0 spiro atoms. The molecule has 0 aliphatic heterocycles. The van der Waals surface area contributed by atoms with Gasteiger partial charge in [-0.15, -0.1) is 0 Å². The molecule has 0 saturated carbocycles. The molecule has 82 valence electrons. The van der Waals surface area contributed by atoms with Crippen molar-refractivity contribution in [3.05, 3.63) is 0 Å². The molecule has 0 aliphatic carbocycles. The second-order valence-electron chi connectivity index (χ2n) is 2.44. The van der Waals surface area contributed by atoms with Crippen LogP contribution in [0.5, 0.6) is 0 Å². The number of rotatable bonds is 10. The van der Waals surface area contributed by atoms with Crippen LogP contribution in [0.15, 0.2) is 0 Å². The zero-order valence-corrected chi connectivity index (χ0v) is 7.92. The molecule has 0 saturated heterocycles. The third kappa shape index (κ3) is 9.27. The van der Waals surface area contributed by atoms with E-state index >= 15 is 0 Å². The van der Waals surface area contributed by atoms with Crippen LogP contribution in [0.4, 0.5) is 0 Å². The fourth-order valence-corrected chi connectivity index (χ4v) is 0.715. The van der Waals surface area contributed by atoms with Gasteiger partial charge in [-0.1, -0.05) is 0 Å². The summed E-state index contributed by atoms with van der Waals surface area (Å²) in [7, 11) is 0. The van der Waals surface area contributed by atoms with Gasteiger partial charge >= 0.3 is 0 Å². The van der Waals surface area contributed by atoms with Gasteiger partial charge in [-0.2, -0.15) is 5.06 Å². The maximum atomic E-state index is 9.84. The number of nitrogens with zero attached hydrogens (tertiary/aromatic N) is 1. The Morgan fingerprint density at radius 2 is 1.43 bits per heavy atom. The van der Waals surface area contributed by atoms with Crippen LogP contribution in [0, 0.1) is 0 Å². The number of carbonyl (C=O) groups is 2. The van der Waals surface area contributed by atoms with Gasteiger partial charge in [0.25, 0.3) is 0 Å². The number of hydrogen-bond acceptors (Lipinski definition) is 6. The first-order chi connectivity index (χ1) is 6.81. The van der Waals surface area contributed by atoms with Gasteiger partial charge in [0.2, 0.25) is 0 Å². The Bertz CT molecular complexity index is 137. The average Bonchev–Trinajstić information content (AvgIpc) is 2.19. The van der Waals surface area contributed by atoms with Gasteiger partial charge < -0.3 is 24.3 Å². The summed E-state index contributed by atoms with van der Waals surface area (Å²) in [5.41, 5.74) is 0. The maximum Gasteiger partial charge on any atom is 0.145 e. The molecule has 0 unspecified atom stereocenters. The number of carbonyl (C=O) groups excluding carboxylic acids is 2. The molecule has 0 aromatic heterocycles. The van der Waals surface area contributed by atoms with Crippen LogP contribution in [-0.2, 0) is 19.1 Å². The molecule has 1 N–H and O–H groups in total. The normalized spacial score (nSPS) is 10.4. The first-order valence-corrected chi connectivity index (χ1v) is 4.28. The van der Waals surface area contributed by atoms with E-state index in [1.54, 1.807) is 0 Å². The molecule has 14 heavy (non-hydrogen) atoms. The minimum Gasteiger partial charge on any atom is -0.373 e. The predicted molar refractivity (Wildman–Crippen MR) is 47.1 cm³/mol. The SMILES string of the molecule is O=CCOCCN(O)CCOCC=O. The standard InChI is InChI=1S/C8H15NO5/c10-3-7-13-5-1-9(12)2-6-14-8-4-11/h3-4,12H,1-2,5-8H2. The molecule has 0 amide bonds. The minimum absolute atomic E-state index is 0.0372. The van der Waals surface area contributed by atoms with Crippen molar-refractivity contribution in [2.24, 2.45) is 0 Å². The van der Waals surface area contributed by atoms with Gasteiger partial charge in [0.15, 0.2) is 0 Å². The fraction of sp³-hybridized carbons (Fsp3) is 0.750. The molecular weight excluding hydrogens is 190 g/mol. The van der Waals surface area contributed by atoms with Gasteiger partial charge in [-0.25, -0.2) is 0 Å². The van der Waals surface area contributed by atoms with Crippen molar-refractivity contribution in [3.63, 3.8) is 0 Å². The average molecular weight is 205 g/mol. The molecule has 0 bridgehead atoms. The number of ether oxygens (including phenoxy) is 2. The lowest BCUT2D eigenvalue weighted by molar-refractivity contribution is -0.125. The Hall–Kier alpha value is -0.820. The zero-order valence-electron chi connectivity index (χ0n) is 7.92. The van der Waals surface area contributed by atoms with Gasteiger partial charge in [0, 0.05) is 13.1 Å². The van der Waals surface area contributed by atoms with Gasteiger partial charge in [-0.3, -0.25) is 0 Å². The molecule has 0 aromatic carbocycles. The van der Waals surface area contributed by atoms with Crippen molar-refractivity contribution in [3.8, 4) is 0 Å². The molecule has 0 fully saturated rings. The van der Waals surface area contributed by atoms with Crippen LogP contribution >= 0.6 is 0 Å². The summed E-state index contributed by atoms with van der Waals surface area (Å²) in [6.45, 7) is 1.24. The van der Waals surface area contributed by atoms with E-state index in [1.165, 1.54) is 0 Å². The Balaban J connectivity index is 3.14. The van der Waals surface area contributed by atoms with Crippen LogP contribution in [0.2, 0.25) is 0 Å². The highest BCUT2D eigenvalue weighted by atomic mass is 16.5. The van der Waals surface area contributed by atoms with E-state index in [9.17, 15) is 9.59 Å². The second kappa shape index (κ2) is 10.3. The first-order valence-electron chi connectivity index (χ1n) is 4.28. The topological polar surface area (TPSA) is 76.1 Å². The monoisotopic (exact) mass is 205 g/mol. The smallest absolute Gasteiger partial charge is 0.145 e. The van der Waals surface area contributed by atoms with E-state index in [2.05, 4.69) is 0 Å². The summed E-state index contributed by atoms with van der Waals surface area (Å²) in [6.07, 6.45) is 1.30. The lowest BCUT2D eigenvalue weighted by Gasteiger charge is -2.13. The van der Waals surface area contributed by atoms with E-state index < -0.39 is 0 Å². The maximum absolute atomic E-state index is 9.84. The highest BCUT2D eigenvalue weighted by Gasteiger charge is 1.99. The van der Waals surface area contributed by atoms with Gasteiger partial charge in [0.05, 0.1) is 13.2 Å². The molecular formula is C8H15NO5. The number of hydrogen-bond donors (Lipinski definition) is 1. The van der Waals surface area contributed by atoms with Crippen molar-refractivity contribution in [2.75, 3.05) is 39.5 Å². The molecule has 0 aromatic rings. The quantitative estimate of drug-likeness (QED) is 0.283. The lowest BCUT2D eigenvalue weighted by Crippen LogP contribution is -2.28. The minimum atomic E-state index is 0.0372. The van der Waals surface area contributed by atoms with Crippen molar-refractivity contribution < 1.29 is 24.3 Å². The fourth-order valence-electron chi connectivity index (χ4n) is 0.715. The zero-order chi connectivity index (χ0) is 10.6. The Kier molecular flexibility index (Phi) is 9.66. The van der Waals surface area contributed by atoms with Crippen LogP contribution in [0.3, 0.4) is 0 Å². The van der Waals surface area contributed by atoms with E-state index in [0.717, 1.165) is 5.06 Å². The molecule has 0 radical (unpaired) electrons. The molecule has 6 nitrogen and oxygen atoms in total. The van der Waals surface area contributed by atoms with Crippen molar-refractivity contribution in [2.45, 2.75) is 0 Å². The molecule has 6 heteroatoms. The van der Waals surface area contributed by atoms with Gasteiger partial charge in [0.1, 0.15) is 25.8 Å². The second-order valence-corrected chi connectivity index (χ2v) is 2.44. The van der Waals surface area contributed by atoms with E-state index in [4.69, 9.17) is 14.7 Å². The highest BCUT2D eigenvalue weighted by molar-refractivity contribution is 5.50. The van der Waals surface area contributed by atoms with Crippen molar-refractivity contribution in [1.82, 2.24) is 5.06 Å². The Labute approximate surface area is 82.4 Å². The van der Waals surface area contributed by atoms with Crippen LogP contribution in [-0.4, -0.2) is 62.4 Å². The summed E-state index contributed by atoms with van der Waals surface area (Å²) in [4.78, 5) is 19.7. The van der Waals surface area contributed by atoms with Gasteiger partial charge in [-0.05, 0) is 0 Å². The summed E-state index contributed by atoms with van der Waals surface area (Å²) < 4.78 is 9.63. The summed E-state index contributed by atoms with van der Waals surface area (Å²) in [5.74, 6) is 0. The summed E-state index contributed by atoms with van der Waals surface area (Å²) in [6, 6.07) is 0. The largest absolute Gasteiger partial charge is 0.373 e. The van der Waals surface area contributed by atoms with Crippen molar-refractivity contribution >= 4 is 12.6 Å². The van der Waals surface area contributed by atoms with Crippen molar-refractivity contribution in [1.29, 1.82) is 0 Å². The molecule has 0 atom stereocenters. The van der Waals surface area contributed by atoms with Crippen LogP contribution in [0.1, 0.15) is 0 Å². The number of aldehydes is 2. The predicted octanol–water partition coefficient (Wildman–Crippen LogP) is -0.891. The number of hydroxylamine groups is 2. The van der Waals surface area contributed by atoms with E-state index in [1.807, 2.05) is 0 Å². The Morgan fingerprint density at radius 1 is 1.00 bits per heavy atom. The third-order valence-electron chi connectivity index (χ3n) is 1.36. The Morgan fingerprint density at radius 3 is 1.79 bits per heavy atom. The van der Waals surface area contributed by atoms with Crippen LogP contribution < -0.4 is 0 Å². The lowest BCUT2D eigenvalue weighted by atomic mass is 10.6. The third-order valence-corrected chi connectivity index (χ3v) is 1.36. The van der Waals surface area contributed by atoms with E-state index in [0.29, 0.717) is 25.7 Å². The van der Waals surface area contributed by atoms with E-state index in [-0.39, 0.29) is 26.4 Å². The molecule has 0 aliphatic rings. The van der Waals surface area contributed by atoms with Crippen LogP contribution in [0.25, 0.3) is 0 Å². The molecule has 0 heterocycles. The molecule has 0 rings (SSSR count).